The van der Waals surface area contributed by atoms with Crippen molar-refractivity contribution in [3.05, 3.63) is 27.7 Å². The van der Waals surface area contributed by atoms with Crippen LogP contribution in [-0.2, 0) is 10.0 Å². The number of rotatable bonds is 5. The number of carbonyl (C=O) groups is 1. The van der Waals surface area contributed by atoms with E-state index in [1.54, 1.807) is 6.92 Å². The fraction of sp³-hybridized carbons (Fsp3) is 0.500. The summed E-state index contributed by atoms with van der Waals surface area (Å²) in [6, 6.07) is 2.63. The van der Waals surface area contributed by atoms with Crippen LogP contribution in [-0.4, -0.2) is 26.0 Å². The highest BCUT2D eigenvalue weighted by Crippen LogP contribution is 2.51. The number of hydrogen-bond acceptors (Lipinski definition) is 3. The molecule has 0 aromatic heterocycles. The van der Waals surface area contributed by atoms with Gasteiger partial charge in [-0.25, -0.2) is 17.9 Å². The molecule has 1 aromatic carbocycles. The summed E-state index contributed by atoms with van der Waals surface area (Å²) in [4.78, 5) is 11.1. The first kappa shape index (κ1) is 16.5. The van der Waals surface area contributed by atoms with Gasteiger partial charge in [-0.3, -0.25) is 0 Å². The molecule has 0 amide bonds. The van der Waals surface area contributed by atoms with E-state index in [9.17, 15) is 13.2 Å². The van der Waals surface area contributed by atoms with Gasteiger partial charge in [0.15, 0.2) is 0 Å². The third-order valence-corrected chi connectivity index (χ3v) is 6.32. The quantitative estimate of drug-likeness (QED) is 0.828. The van der Waals surface area contributed by atoms with Crippen molar-refractivity contribution >= 4 is 31.9 Å². The van der Waals surface area contributed by atoms with E-state index in [2.05, 4.69) is 34.5 Å². The van der Waals surface area contributed by atoms with Crippen LogP contribution in [0.15, 0.2) is 21.5 Å². The van der Waals surface area contributed by atoms with Gasteiger partial charge in [-0.2, -0.15) is 0 Å². The molecular formula is C14H18BrNO4S. The highest BCUT2D eigenvalue weighted by Gasteiger charge is 2.45. The smallest absolute Gasteiger partial charge is 0.336 e. The molecule has 116 valence electrons. The van der Waals surface area contributed by atoms with E-state index in [0.717, 1.165) is 6.42 Å². The van der Waals surface area contributed by atoms with Crippen LogP contribution < -0.4 is 4.72 Å². The van der Waals surface area contributed by atoms with Crippen molar-refractivity contribution < 1.29 is 18.3 Å². The van der Waals surface area contributed by atoms with Crippen molar-refractivity contribution in [3.63, 3.8) is 0 Å². The molecule has 7 heteroatoms. The normalized spacial score (nSPS) is 20.3. The minimum Gasteiger partial charge on any atom is -0.478 e. The lowest BCUT2D eigenvalue weighted by atomic mass is 10.1. The highest BCUT2D eigenvalue weighted by molar-refractivity contribution is 9.10. The van der Waals surface area contributed by atoms with E-state index < -0.39 is 16.0 Å². The maximum absolute atomic E-state index is 12.3. The number of carboxylic acid groups (broad SMARTS) is 1. The van der Waals surface area contributed by atoms with Crippen molar-refractivity contribution in [1.82, 2.24) is 4.72 Å². The first-order chi connectivity index (χ1) is 9.54. The molecule has 1 aliphatic rings. The summed E-state index contributed by atoms with van der Waals surface area (Å²) in [5, 5.41) is 9.14. The van der Waals surface area contributed by atoms with Crippen molar-refractivity contribution in [3.8, 4) is 0 Å². The summed E-state index contributed by atoms with van der Waals surface area (Å²) in [5.74, 6) is -0.811. The predicted molar refractivity (Wildman–Crippen MR) is 82.9 cm³/mol. The van der Waals surface area contributed by atoms with E-state index in [1.807, 2.05) is 0 Å². The van der Waals surface area contributed by atoms with Gasteiger partial charge in [0.1, 0.15) is 0 Å². The zero-order valence-corrected chi connectivity index (χ0v) is 14.5. The minimum atomic E-state index is -3.70. The summed E-state index contributed by atoms with van der Waals surface area (Å²) in [7, 11) is -3.70. The SMILES string of the molecule is Cc1c(Br)cc(S(=O)(=O)NCC2CC2(C)C)cc1C(=O)O. The second kappa shape index (κ2) is 5.37. The number of sulfonamides is 1. The highest BCUT2D eigenvalue weighted by atomic mass is 79.9. The van der Waals surface area contributed by atoms with Gasteiger partial charge >= 0.3 is 5.97 Å². The van der Waals surface area contributed by atoms with Gasteiger partial charge in [-0.15, -0.1) is 0 Å². The van der Waals surface area contributed by atoms with Gasteiger partial charge in [-0.1, -0.05) is 29.8 Å². The number of benzene rings is 1. The Morgan fingerprint density at radius 2 is 2.05 bits per heavy atom. The van der Waals surface area contributed by atoms with Gasteiger partial charge in [-0.05, 0) is 42.4 Å². The Balaban J connectivity index is 2.26. The number of aromatic carboxylic acids is 1. The lowest BCUT2D eigenvalue weighted by Gasteiger charge is -2.11. The lowest BCUT2D eigenvalue weighted by molar-refractivity contribution is 0.0695. The van der Waals surface area contributed by atoms with Gasteiger partial charge in [0.25, 0.3) is 0 Å². The largest absolute Gasteiger partial charge is 0.478 e. The van der Waals surface area contributed by atoms with Crippen LogP contribution in [0.4, 0.5) is 0 Å². The molecule has 0 saturated heterocycles. The molecule has 0 heterocycles. The average molecular weight is 376 g/mol. The van der Waals surface area contributed by atoms with E-state index in [1.165, 1.54) is 12.1 Å². The molecule has 1 aromatic rings. The second-order valence-electron chi connectivity index (χ2n) is 6.12. The Morgan fingerprint density at radius 3 is 2.52 bits per heavy atom. The molecule has 1 fully saturated rings. The minimum absolute atomic E-state index is 0.0171. The maximum atomic E-state index is 12.3. The van der Waals surface area contributed by atoms with Crippen LogP contribution in [0.2, 0.25) is 0 Å². The van der Waals surface area contributed by atoms with Crippen LogP contribution >= 0.6 is 15.9 Å². The maximum Gasteiger partial charge on any atom is 0.336 e. The Hall–Kier alpha value is -0.920. The van der Waals surface area contributed by atoms with Gasteiger partial charge in [0.05, 0.1) is 10.5 Å². The van der Waals surface area contributed by atoms with Crippen LogP contribution in [0.1, 0.15) is 36.2 Å². The van der Waals surface area contributed by atoms with Crippen LogP contribution in [0, 0.1) is 18.3 Å². The summed E-state index contributed by atoms with van der Waals surface area (Å²) < 4.78 is 27.6. The molecule has 0 bridgehead atoms. The Kier molecular flexibility index (Phi) is 4.21. The van der Waals surface area contributed by atoms with Gasteiger partial charge in [0.2, 0.25) is 10.0 Å². The molecular weight excluding hydrogens is 358 g/mol. The van der Waals surface area contributed by atoms with Crippen molar-refractivity contribution in [1.29, 1.82) is 0 Å². The first-order valence-corrected chi connectivity index (χ1v) is 8.85. The molecule has 1 saturated carbocycles. The third kappa shape index (κ3) is 3.46. The number of nitrogens with one attached hydrogen (secondary N) is 1. The topological polar surface area (TPSA) is 83.5 Å². The fourth-order valence-corrected chi connectivity index (χ4v) is 3.99. The van der Waals surface area contributed by atoms with E-state index >= 15 is 0 Å². The van der Waals surface area contributed by atoms with E-state index in [0.29, 0.717) is 22.5 Å². The van der Waals surface area contributed by atoms with Crippen LogP contribution in [0.3, 0.4) is 0 Å². The molecule has 21 heavy (non-hydrogen) atoms. The molecule has 0 radical (unpaired) electrons. The predicted octanol–water partition coefficient (Wildman–Crippen LogP) is 2.78. The molecule has 1 atom stereocenters. The fourth-order valence-electron chi connectivity index (χ4n) is 2.25. The molecule has 1 aliphatic carbocycles. The summed E-state index contributed by atoms with van der Waals surface area (Å²) in [5.41, 5.74) is 0.670. The number of carboxylic acids is 1. The average Bonchev–Trinajstić information content (AvgIpc) is 2.97. The van der Waals surface area contributed by atoms with E-state index in [4.69, 9.17) is 5.11 Å². The molecule has 0 spiro atoms. The molecule has 1 unspecified atom stereocenters. The molecule has 2 rings (SSSR count). The zero-order chi connectivity index (χ0) is 16.0. The van der Waals surface area contributed by atoms with Crippen molar-refractivity contribution in [2.75, 3.05) is 6.54 Å². The molecule has 0 aliphatic heterocycles. The van der Waals surface area contributed by atoms with Crippen molar-refractivity contribution in [2.24, 2.45) is 11.3 Å². The lowest BCUT2D eigenvalue weighted by Crippen LogP contribution is -2.27. The zero-order valence-electron chi connectivity index (χ0n) is 12.1. The third-order valence-electron chi connectivity index (χ3n) is 4.10. The number of hydrogen-bond donors (Lipinski definition) is 2. The standard InChI is InChI=1S/C14H18BrNO4S/c1-8-11(13(17)18)4-10(5-12(8)15)21(19,20)16-7-9-6-14(9,2)3/h4-5,9,16H,6-7H2,1-3H3,(H,17,18). The second-order valence-corrected chi connectivity index (χ2v) is 8.75. The summed E-state index contributed by atoms with van der Waals surface area (Å²) in [6.07, 6.45) is 0.994. The molecule has 2 N–H and O–H groups in total. The summed E-state index contributed by atoms with van der Waals surface area (Å²) >= 11 is 3.21. The monoisotopic (exact) mass is 375 g/mol. The molecule has 5 nitrogen and oxygen atoms in total. The van der Waals surface area contributed by atoms with Gasteiger partial charge < -0.3 is 5.11 Å². The Morgan fingerprint density at radius 1 is 1.48 bits per heavy atom. The first-order valence-electron chi connectivity index (χ1n) is 6.58. The Bertz CT molecular complexity index is 697. The van der Waals surface area contributed by atoms with Gasteiger partial charge in [0, 0.05) is 11.0 Å². The Labute approximate surface area is 132 Å². The summed E-state index contributed by atoms with van der Waals surface area (Å²) in [6.45, 7) is 6.20. The van der Waals surface area contributed by atoms with Crippen molar-refractivity contribution in [2.45, 2.75) is 32.1 Å². The van der Waals surface area contributed by atoms with Crippen LogP contribution in [0.5, 0.6) is 0 Å². The van der Waals surface area contributed by atoms with Crippen LogP contribution in [0.25, 0.3) is 0 Å². The van der Waals surface area contributed by atoms with E-state index in [-0.39, 0.29) is 15.9 Å². The number of halogens is 1.